The third kappa shape index (κ3) is 4.72. The molecule has 6 heteroatoms. The molecule has 0 amide bonds. The van der Waals surface area contributed by atoms with Gasteiger partial charge in [-0.15, -0.1) is 22.7 Å². The van der Waals surface area contributed by atoms with Gasteiger partial charge in [-0.2, -0.15) is 0 Å². The van der Waals surface area contributed by atoms with Crippen molar-refractivity contribution >= 4 is 68.9 Å². The number of hydrogen-bond acceptors (Lipinski definition) is 4. The zero-order valence-corrected chi connectivity index (χ0v) is 22.9. The van der Waals surface area contributed by atoms with Crippen LogP contribution in [0.1, 0.15) is 48.5 Å². The maximum absolute atomic E-state index is 13.0. The fourth-order valence-electron chi connectivity index (χ4n) is 3.71. The Morgan fingerprint density at radius 3 is 1.90 bits per heavy atom. The molecule has 2 nitrogen and oxygen atoms in total. The van der Waals surface area contributed by atoms with Gasteiger partial charge in [0.15, 0.2) is 0 Å². The van der Waals surface area contributed by atoms with Crippen molar-refractivity contribution in [1.29, 1.82) is 0 Å². The highest BCUT2D eigenvalue weighted by atomic mass is 32.3. The zero-order valence-electron chi connectivity index (χ0n) is 19.6. The van der Waals surface area contributed by atoms with Gasteiger partial charge in [0, 0.05) is 13.8 Å². The molecule has 0 unspecified atom stereocenters. The Labute approximate surface area is 193 Å². The minimum atomic E-state index is -0.865. The first-order valence-corrected chi connectivity index (χ1v) is 17.8. The van der Waals surface area contributed by atoms with Gasteiger partial charge in [-0.25, -0.2) is 24.9 Å². The number of methoxy groups -OCH3 is 1. The monoisotopic (exact) mass is 484 g/mol. The Morgan fingerprint density at radius 2 is 1.40 bits per heavy atom. The molecular formula is C24H36O2S4. The molecule has 0 fully saturated rings. The Bertz CT molecular complexity index is 1060. The zero-order chi connectivity index (χ0) is 22.3. The number of aryl methyl sites for hydroxylation is 1. The van der Waals surface area contributed by atoms with Crippen molar-refractivity contribution in [2.24, 2.45) is 0 Å². The van der Waals surface area contributed by atoms with Crippen LogP contribution in [0.25, 0.3) is 20.2 Å². The summed E-state index contributed by atoms with van der Waals surface area (Å²) in [6.45, 7) is 2.24. The first kappa shape index (κ1) is 24.0. The van der Waals surface area contributed by atoms with Gasteiger partial charge < -0.3 is 4.74 Å². The van der Waals surface area contributed by atoms with Crippen molar-refractivity contribution < 1.29 is 9.53 Å². The Balaban J connectivity index is 2.36. The standard InChI is InChI=1S/C24H36O2S4/c1-9-10-11-12-13-16-17-14-19(29(3,4)5)27-22(17)23-18(21(16)24(25)26-2)15-20(28-23)30(6,7)8/h14-15H,9-13H2,1-8H3. The molecule has 0 bridgehead atoms. The van der Waals surface area contributed by atoms with E-state index in [1.807, 2.05) is 22.7 Å². The minimum absolute atomic E-state index is 0.184. The highest BCUT2D eigenvalue weighted by molar-refractivity contribution is 8.33. The number of hydrogen-bond donors (Lipinski definition) is 0. The molecule has 0 saturated carbocycles. The van der Waals surface area contributed by atoms with E-state index < -0.39 is 20.1 Å². The van der Waals surface area contributed by atoms with E-state index in [1.165, 1.54) is 55.1 Å². The fourth-order valence-corrected chi connectivity index (χ4v) is 9.13. The van der Waals surface area contributed by atoms with Crippen LogP contribution in [0.5, 0.6) is 0 Å². The van der Waals surface area contributed by atoms with Crippen molar-refractivity contribution in [2.45, 2.75) is 47.4 Å². The predicted octanol–water partition coefficient (Wildman–Crippen LogP) is 8.13. The van der Waals surface area contributed by atoms with E-state index in [9.17, 15) is 4.79 Å². The third-order valence-corrected chi connectivity index (χ3v) is 13.6. The molecule has 3 rings (SSSR count). The van der Waals surface area contributed by atoms with Gasteiger partial charge in [0.05, 0.1) is 22.1 Å². The summed E-state index contributed by atoms with van der Waals surface area (Å²) in [5.41, 5.74) is 2.02. The quantitative estimate of drug-likeness (QED) is 0.238. The molecule has 1 aromatic carbocycles. The normalized spacial score (nSPS) is 13.9. The largest absolute Gasteiger partial charge is 0.465 e. The summed E-state index contributed by atoms with van der Waals surface area (Å²) in [6, 6.07) is 4.68. The van der Waals surface area contributed by atoms with Crippen molar-refractivity contribution in [3.63, 3.8) is 0 Å². The molecule has 0 aliphatic carbocycles. The van der Waals surface area contributed by atoms with Gasteiger partial charge in [-0.3, -0.25) is 0 Å². The lowest BCUT2D eigenvalue weighted by atomic mass is 9.95. The lowest BCUT2D eigenvalue weighted by Crippen LogP contribution is -2.07. The topological polar surface area (TPSA) is 26.3 Å². The molecule has 0 saturated heterocycles. The summed E-state index contributed by atoms with van der Waals surface area (Å²) >= 11 is 3.84. The van der Waals surface area contributed by atoms with E-state index in [-0.39, 0.29) is 5.97 Å². The predicted molar refractivity (Wildman–Crippen MR) is 144 cm³/mol. The van der Waals surface area contributed by atoms with E-state index in [0.717, 1.165) is 23.8 Å². The SMILES string of the molecule is CCCCCCc1c(C(=O)OC)c2cc(S(C)(C)C)sc2c2sc(S(C)(C)C)cc12. The number of esters is 1. The fraction of sp³-hybridized carbons (Fsp3) is 0.542. The molecule has 2 aromatic heterocycles. The van der Waals surface area contributed by atoms with E-state index in [0.29, 0.717) is 0 Å². The van der Waals surface area contributed by atoms with Crippen LogP contribution in [0.2, 0.25) is 0 Å². The summed E-state index contributed by atoms with van der Waals surface area (Å²) in [6.07, 6.45) is 19.8. The Kier molecular flexibility index (Phi) is 7.23. The summed E-state index contributed by atoms with van der Waals surface area (Å²) in [5.74, 6) is -0.184. The van der Waals surface area contributed by atoms with Crippen molar-refractivity contribution in [3.05, 3.63) is 23.3 Å². The molecule has 2 heterocycles. The second-order valence-corrected chi connectivity index (χ2v) is 20.3. The van der Waals surface area contributed by atoms with Crippen LogP contribution in [0.3, 0.4) is 0 Å². The van der Waals surface area contributed by atoms with Gasteiger partial charge in [0.2, 0.25) is 0 Å². The van der Waals surface area contributed by atoms with E-state index in [1.54, 1.807) is 0 Å². The molecule has 168 valence electrons. The molecule has 3 aromatic rings. The van der Waals surface area contributed by atoms with Crippen LogP contribution in [0, 0.1) is 0 Å². The van der Waals surface area contributed by atoms with Crippen LogP contribution in [0.15, 0.2) is 20.6 Å². The number of rotatable bonds is 8. The number of carbonyl (C=O) groups excluding carboxylic acids is 1. The average Bonchev–Trinajstić information content (AvgIpc) is 3.28. The Hall–Kier alpha value is -0.690. The molecule has 0 radical (unpaired) electrons. The first-order valence-electron chi connectivity index (χ1n) is 10.5. The number of thiophene rings is 2. The first-order chi connectivity index (χ1) is 14.0. The number of carbonyl (C=O) groups is 1. The van der Waals surface area contributed by atoms with Crippen LogP contribution < -0.4 is 0 Å². The van der Waals surface area contributed by atoms with Gasteiger partial charge in [0.25, 0.3) is 0 Å². The molecule has 0 N–H and O–H groups in total. The lowest BCUT2D eigenvalue weighted by molar-refractivity contribution is 0.0602. The van der Waals surface area contributed by atoms with Crippen LogP contribution in [-0.4, -0.2) is 50.6 Å². The van der Waals surface area contributed by atoms with Gasteiger partial charge >= 0.3 is 5.97 Å². The third-order valence-electron chi connectivity index (χ3n) is 5.40. The summed E-state index contributed by atoms with van der Waals surface area (Å²) < 4.78 is 10.8. The molecule has 0 atom stereocenters. The number of ether oxygens (including phenoxy) is 1. The van der Waals surface area contributed by atoms with Crippen molar-refractivity contribution in [3.8, 4) is 0 Å². The highest BCUT2D eigenvalue weighted by Crippen LogP contribution is 2.56. The number of fused-ring (bicyclic) bond motifs is 3. The van der Waals surface area contributed by atoms with E-state index >= 15 is 0 Å². The number of benzene rings is 1. The second-order valence-electron chi connectivity index (χ2n) is 9.45. The molecule has 0 aliphatic heterocycles. The smallest absolute Gasteiger partial charge is 0.338 e. The Morgan fingerprint density at radius 1 is 0.867 bits per heavy atom. The van der Waals surface area contributed by atoms with Crippen molar-refractivity contribution in [1.82, 2.24) is 0 Å². The highest BCUT2D eigenvalue weighted by Gasteiger charge is 2.26. The van der Waals surface area contributed by atoms with Crippen LogP contribution >= 0.6 is 42.7 Å². The lowest BCUT2D eigenvalue weighted by Gasteiger charge is -2.23. The average molecular weight is 485 g/mol. The minimum Gasteiger partial charge on any atom is -0.465 e. The maximum atomic E-state index is 13.0. The van der Waals surface area contributed by atoms with Gasteiger partial charge in [0.1, 0.15) is 0 Å². The molecule has 0 spiro atoms. The molecular weight excluding hydrogens is 449 g/mol. The maximum Gasteiger partial charge on any atom is 0.338 e. The summed E-state index contributed by atoms with van der Waals surface area (Å²) in [7, 11) is -0.179. The van der Waals surface area contributed by atoms with Crippen LogP contribution in [-0.2, 0) is 11.2 Å². The van der Waals surface area contributed by atoms with E-state index in [4.69, 9.17) is 4.74 Å². The van der Waals surface area contributed by atoms with Crippen molar-refractivity contribution in [2.75, 3.05) is 44.6 Å². The van der Waals surface area contributed by atoms with Crippen LogP contribution in [0.4, 0.5) is 0 Å². The summed E-state index contributed by atoms with van der Waals surface area (Å²) in [5, 5.41) is 2.40. The number of unbranched alkanes of at least 4 members (excludes halogenated alkanes) is 3. The molecule has 30 heavy (non-hydrogen) atoms. The van der Waals surface area contributed by atoms with Gasteiger partial charge in [-0.1, -0.05) is 26.2 Å². The summed E-state index contributed by atoms with van der Waals surface area (Å²) in [4.78, 5) is 13.0. The second kappa shape index (κ2) is 9.05. The molecule has 0 aliphatic rings. The van der Waals surface area contributed by atoms with E-state index in [2.05, 4.69) is 56.6 Å². The van der Waals surface area contributed by atoms with Gasteiger partial charge in [-0.05, 0) is 73.5 Å².